The zero-order chi connectivity index (χ0) is 23.2. The molecule has 0 spiro atoms. The molecule has 33 heavy (non-hydrogen) atoms. The number of benzene rings is 2. The Balaban J connectivity index is 1.34. The van der Waals surface area contributed by atoms with E-state index in [2.05, 4.69) is 27.9 Å². The zero-order valence-corrected chi connectivity index (χ0v) is 20.6. The Bertz CT molecular complexity index is 1390. The van der Waals surface area contributed by atoms with Crippen molar-refractivity contribution in [3.63, 3.8) is 0 Å². The van der Waals surface area contributed by atoms with E-state index in [4.69, 9.17) is 0 Å². The predicted molar refractivity (Wildman–Crippen MR) is 134 cm³/mol. The van der Waals surface area contributed by atoms with Crippen LogP contribution in [0.25, 0.3) is 0 Å². The highest BCUT2D eigenvalue weighted by Gasteiger charge is 2.39. The lowest BCUT2D eigenvalue weighted by atomic mass is 9.84. The maximum atomic E-state index is 13.4. The molecule has 1 saturated heterocycles. The lowest BCUT2D eigenvalue weighted by Gasteiger charge is -2.42. The minimum Gasteiger partial charge on any atom is -0.322 e. The minimum absolute atomic E-state index is 0.00748. The Morgan fingerprint density at radius 1 is 0.939 bits per heavy atom. The molecule has 0 radical (unpaired) electrons. The lowest BCUT2D eigenvalue weighted by molar-refractivity contribution is 0.102. The highest BCUT2D eigenvalue weighted by molar-refractivity contribution is 14.1. The van der Waals surface area contributed by atoms with Gasteiger partial charge in [0.25, 0.3) is 11.5 Å². The van der Waals surface area contributed by atoms with Crippen LogP contribution in [0.4, 0.5) is 5.69 Å². The minimum atomic E-state index is -3.69. The molecule has 5 rings (SSSR count). The maximum absolute atomic E-state index is 13.4. The van der Waals surface area contributed by atoms with Crippen molar-refractivity contribution in [3.8, 4) is 0 Å². The second-order valence-corrected chi connectivity index (χ2v) is 11.6. The standard InChI is InChI=1S/C24H22IN3O4S/c25-21-5-2-1-4-20(21)24(30)26-18-8-10-19(11-9-18)33(31,32)27-13-16-12-17(15-27)22-6-3-7-23(29)28(22)14-16/h1-11,16-17H,12-15H2,(H,26,30). The molecule has 170 valence electrons. The molecule has 7 nitrogen and oxygen atoms in total. The average molecular weight is 575 g/mol. The van der Waals surface area contributed by atoms with Gasteiger partial charge in [-0.2, -0.15) is 4.31 Å². The number of hydrogen-bond acceptors (Lipinski definition) is 4. The molecule has 2 aliphatic rings. The van der Waals surface area contributed by atoms with Crippen molar-refractivity contribution >= 4 is 44.2 Å². The number of carbonyl (C=O) groups is 1. The van der Waals surface area contributed by atoms with E-state index in [1.807, 2.05) is 18.2 Å². The first-order chi connectivity index (χ1) is 15.8. The number of carbonyl (C=O) groups excluding carboxylic acids is 1. The summed E-state index contributed by atoms with van der Waals surface area (Å²) in [6.07, 6.45) is 0.888. The number of halogens is 1. The Kier molecular flexibility index (Phi) is 5.87. The van der Waals surface area contributed by atoms with Gasteiger partial charge in [-0.1, -0.05) is 18.2 Å². The van der Waals surface area contributed by atoms with Crippen molar-refractivity contribution < 1.29 is 13.2 Å². The lowest BCUT2D eigenvalue weighted by Crippen LogP contribution is -2.48. The summed E-state index contributed by atoms with van der Waals surface area (Å²) < 4.78 is 30.9. The Morgan fingerprint density at radius 3 is 2.45 bits per heavy atom. The number of nitrogens with zero attached hydrogens (tertiary/aromatic N) is 2. The van der Waals surface area contributed by atoms with Crippen molar-refractivity contribution in [3.05, 3.63) is 91.9 Å². The van der Waals surface area contributed by atoms with Crippen LogP contribution >= 0.6 is 22.6 Å². The molecule has 2 atom stereocenters. The average Bonchev–Trinajstić information content (AvgIpc) is 2.80. The van der Waals surface area contributed by atoms with Gasteiger partial charge in [-0.25, -0.2) is 8.42 Å². The monoisotopic (exact) mass is 575 g/mol. The topological polar surface area (TPSA) is 88.5 Å². The Hall–Kier alpha value is -2.50. The smallest absolute Gasteiger partial charge is 0.256 e. The van der Waals surface area contributed by atoms with Gasteiger partial charge in [-0.05, 0) is 77.4 Å². The number of amides is 1. The third-order valence-corrected chi connectivity index (χ3v) is 9.10. The summed E-state index contributed by atoms with van der Waals surface area (Å²) in [5.41, 5.74) is 1.98. The molecule has 1 fully saturated rings. The molecule has 0 aliphatic carbocycles. The van der Waals surface area contributed by atoms with Gasteiger partial charge in [0.15, 0.2) is 0 Å². The number of fused-ring (bicyclic) bond motifs is 4. The van der Waals surface area contributed by atoms with Crippen LogP contribution in [0.2, 0.25) is 0 Å². The van der Waals surface area contributed by atoms with Crippen LogP contribution in [-0.2, 0) is 16.6 Å². The van der Waals surface area contributed by atoms with E-state index in [0.29, 0.717) is 30.9 Å². The number of nitrogens with one attached hydrogen (secondary N) is 1. The quantitative estimate of drug-likeness (QED) is 0.483. The number of anilines is 1. The fourth-order valence-electron chi connectivity index (χ4n) is 4.75. The number of rotatable bonds is 4. The van der Waals surface area contributed by atoms with Gasteiger partial charge in [0.2, 0.25) is 10.0 Å². The summed E-state index contributed by atoms with van der Waals surface area (Å²) in [7, 11) is -3.69. The molecule has 1 aromatic heterocycles. The molecule has 3 aromatic rings. The summed E-state index contributed by atoms with van der Waals surface area (Å²) in [5, 5.41) is 2.82. The normalized spacial score (nSPS) is 20.2. The van der Waals surface area contributed by atoms with Crippen LogP contribution in [-0.4, -0.2) is 36.3 Å². The summed E-state index contributed by atoms with van der Waals surface area (Å²) >= 11 is 2.11. The molecule has 1 N–H and O–H groups in total. The molecule has 0 saturated carbocycles. The van der Waals surface area contributed by atoms with Crippen LogP contribution in [0.3, 0.4) is 0 Å². The summed E-state index contributed by atoms with van der Waals surface area (Å²) in [4.78, 5) is 24.9. The zero-order valence-electron chi connectivity index (χ0n) is 17.6. The number of hydrogen-bond donors (Lipinski definition) is 1. The van der Waals surface area contributed by atoms with Gasteiger partial charge in [-0.3, -0.25) is 9.59 Å². The summed E-state index contributed by atoms with van der Waals surface area (Å²) in [5.74, 6) is -0.125. The van der Waals surface area contributed by atoms with Gasteiger partial charge in [0.05, 0.1) is 10.5 Å². The third-order valence-electron chi connectivity index (χ3n) is 6.31. The van der Waals surface area contributed by atoms with Gasteiger partial charge in [0.1, 0.15) is 0 Å². The van der Waals surface area contributed by atoms with Crippen molar-refractivity contribution in [2.45, 2.75) is 23.8 Å². The number of pyridine rings is 1. The van der Waals surface area contributed by atoms with Crippen LogP contribution in [0, 0.1) is 9.49 Å². The SMILES string of the molecule is O=C(Nc1ccc(S(=O)(=O)N2CC3CC(C2)c2cccc(=O)n2C3)cc1)c1ccccc1I. The Labute approximate surface area is 205 Å². The fourth-order valence-corrected chi connectivity index (χ4v) is 6.95. The van der Waals surface area contributed by atoms with Gasteiger partial charge in [0, 0.05) is 46.6 Å². The summed E-state index contributed by atoms with van der Waals surface area (Å²) in [6, 6.07) is 18.8. The third kappa shape index (κ3) is 4.24. The number of sulfonamides is 1. The van der Waals surface area contributed by atoms with Gasteiger partial charge in [-0.15, -0.1) is 0 Å². The van der Waals surface area contributed by atoms with E-state index in [1.165, 1.54) is 16.4 Å². The molecule has 2 aliphatic heterocycles. The van der Waals surface area contributed by atoms with E-state index in [1.54, 1.807) is 41.0 Å². The Morgan fingerprint density at radius 2 is 1.70 bits per heavy atom. The first kappa shape index (κ1) is 22.3. The molecular formula is C24H22IN3O4S. The van der Waals surface area contributed by atoms with Gasteiger partial charge >= 0.3 is 0 Å². The van der Waals surface area contributed by atoms with Crippen LogP contribution < -0.4 is 10.9 Å². The molecule has 2 unspecified atom stereocenters. The first-order valence-electron chi connectivity index (χ1n) is 10.7. The van der Waals surface area contributed by atoms with Crippen LogP contribution in [0.15, 0.2) is 76.4 Å². The fraction of sp³-hybridized carbons (Fsp3) is 0.250. The molecule has 9 heteroatoms. The van der Waals surface area contributed by atoms with E-state index in [9.17, 15) is 18.0 Å². The number of piperidine rings is 1. The first-order valence-corrected chi connectivity index (χ1v) is 13.2. The van der Waals surface area contributed by atoms with Gasteiger partial charge < -0.3 is 9.88 Å². The molecule has 3 heterocycles. The van der Waals surface area contributed by atoms with Crippen molar-refractivity contribution in [2.75, 3.05) is 18.4 Å². The maximum Gasteiger partial charge on any atom is 0.256 e. The van der Waals surface area contributed by atoms with E-state index < -0.39 is 10.0 Å². The number of aromatic nitrogens is 1. The highest BCUT2D eigenvalue weighted by atomic mass is 127. The van der Waals surface area contributed by atoms with E-state index in [0.717, 1.165) is 15.7 Å². The van der Waals surface area contributed by atoms with Crippen LogP contribution in [0.5, 0.6) is 0 Å². The van der Waals surface area contributed by atoms with E-state index in [-0.39, 0.29) is 28.2 Å². The molecule has 2 aromatic carbocycles. The molecular weight excluding hydrogens is 553 g/mol. The molecule has 1 amide bonds. The largest absolute Gasteiger partial charge is 0.322 e. The predicted octanol–water partition coefficient (Wildman–Crippen LogP) is 3.51. The second-order valence-electron chi connectivity index (χ2n) is 8.48. The van der Waals surface area contributed by atoms with Crippen LogP contribution in [0.1, 0.15) is 28.4 Å². The highest BCUT2D eigenvalue weighted by Crippen LogP contribution is 2.37. The van der Waals surface area contributed by atoms with E-state index >= 15 is 0 Å². The second kappa shape index (κ2) is 8.69. The molecule has 2 bridgehead atoms. The van der Waals surface area contributed by atoms with Crippen molar-refractivity contribution in [2.24, 2.45) is 5.92 Å². The van der Waals surface area contributed by atoms with Crippen molar-refractivity contribution in [1.82, 2.24) is 8.87 Å². The van der Waals surface area contributed by atoms with Crippen molar-refractivity contribution in [1.29, 1.82) is 0 Å². The summed E-state index contributed by atoms with van der Waals surface area (Å²) in [6.45, 7) is 1.29.